The van der Waals surface area contributed by atoms with Crippen molar-refractivity contribution in [1.29, 1.82) is 0 Å². The quantitative estimate of drug-likeness (QED) is 0.197. The van der Waals surface area contributed by atoms with Gasteiger partial charge in [0.1, 0.15) is 0 Å². The zero-order valence-electron chi connectivity index (χ0n) is 20.2. The average molecular weight is 624 g/mol. The van der Waals surface area contributed by atoms with Crippen molar-refractivity contribution in [2.24, 2.45) is 9.98 Å². The molecule has 37 heavy (non-hydrogen) atoms. The second-order valence-corrected chi connectivity index (χ2v) is 9.95. The minimum Gasteiger partial charge on any atom is -0.504 e. The van der Waals surface area contributed by atoms with Gasteiger partial charge in [0.15, 0.2) is 23.0 Å². The summed E-state index contributed by atoms with van der Waals surface area (Å²) in [7, 11) is 3.02. The van der Waals surface area contributed by atoms with Gasteiger partial charge in [0.25, 0.3) is 0 Å². The van der Waals surface area contributed by atoms with Gasteiger partial charge >= 0.3 is 0 Å². The van der Waals surface area contributed by atoms with Gasteiger partial charge in [-0.25, -0.2) is 0 Å². The van der Waals surface area contributed by atoms with E-state index in [0.29, 0.717) is 22.6 Å². The molecule has 8 heteroatoms. The van der Waals surface area contributed by atoms with E-state index < -0.39 is 0 Å². The molecule has 0 aliphatic heterocycles. The molecule has 0 unspecified atom stereocenters. The van der Waals surface area contributed by atoms with E-state index in [2.05, 4.69) is 41.8 Å². The predicted molar refractivity (Wildman–Crippen MR) is 155 cm³/mol. The SMILES string of the molecule is COc1cc(Br)cc(C=Nc2ccc(Cc3ccc(N=Cc4cc(Br)cc(OC)c4O)cc3)cc2)c1O. The number of ether oxygens (including phenoxy) is 2. The summed E-state index contributed by atoms with van der Waals surface area (Å²) in [6.07, 6.45) is 3.99. The van der Waals surface area contributed by atoms with Crippen LogP contribution in [0.3, 0.4) is 0 Å². The molecule has 0 amide bonds. The summed E-state index contributed by atoms with van der Waals surface area (Å²) in [6, 6.07) is 22.8. The fourth-order valence-corrected chi connectivity index (χ4v) is 4.53. The lowest BCUT2D eigenvalue weighted by Crippen LogP contribution is -1.90. The molecule has 0 bridgehead atoms. The minimum absolute atomic E-state index is 0.0482. The van der Waals surface area contributed by atoms with Crippen molar-refractivity contribution in [1.82, 2.24) is 0 Å². The smallest absolute Gasteiger partial charge is 0.166 e. The van der Waals surface area contributed by atoms with Gasteiger partial charge in [-0.1, -0.05) is 56.1 Å². The molecule has 188 valence electrons. The zero-order valence-corrected chi connectivity index (χ0v) is 23.3. The number of hydrogen-bond acceptors (Lipinski definition) is 6. The van der Waals surface area contributed by atoms with Gasteiger partial charge in [-0.2, -0.15) is 0 Å². The van der Waals surface area contributed by atoms with Crippen LogP contribution in [0.2, 0.25) is 0 Å². The maximum atomic E-state index is 10.3. The first kappa shape index (κ1) is 26.4. The van der Waals surface area contributed by atoms with Crippen molar-refractivity contribution in [3.05, 3.63) is 104 Å². The summed E-state index contributed by atoms with van der Waals surface area (Å²) in [5.74, 6) is 0.864. The maximum Gasteiger partial charge on any atom is 0.166 e. The van der Waals surface area contributed by atoms with E-state index in [-0.39, 0.29) is 11.5 Å². The molecule has 4 aromatic carbocycles. The van der Waals surface area contributed by atoms with Gasteiger partial charge in [0, 0.05) is 32.5 Å². The third-order valence-electron chi connectivity index (χ3n) is 5.56. The first-order valence-electron chi connectivity index (χ1n) is 11.3. The van der Waals surface area contributed by atoms with Crippen LogP contribution in [0.1, 0.15) is 22.3 Å². The van der Waals surface area contributed by atoms with Crippen LogP contribution in [0.5, 0.6) is 23.0 Å². The van der Waals surface area contributed by atoms with Gasteiger partial charge in [0.05, 0.1) is 25.6 Å². The first-order valence-corrected chi connectivity index (χ1v) is 12.8. The molecule has 4 aromatic rings. The molecule has 0 aliphatic rings. The predicted octanol–water partition coefficient (Wildman–Crippen LogP) is 7.73. The summed E-state index contributed by atoms with van der Waals surface area (Å²) >= 11 is 6.83. The van der Waals surface area contributed by atoms with E-state index in [1.165, 1.54) is 14.2 Å². The number of aliphatic imine (C=N–C) groups is 2. The Hall–Kier alpha value is -3.62. The van der Waals surface area contributed by atoms with Crippen LogP contribution in [-0.4, -0.2) is 36.9 Å². The van der Waals surface area contributed by atoms with Crippen LogP contribution in [0.25, 0.3) is 0 Å². The number of nitrogens with zero attached hydrogens (tertiary/aromatic N) is 2. The van der Waals surface area contributed by atoms with Gasteiger partial charge in [0.2, 0.25) is 0 Å². The fraction of sp³-hybridized carbons (Fsp3) is 0.103. The number of phenols is 2. The lowest BCUT2D eigenvalue weighted by atomic mass is 10.0. The van der Waals surface area contributed by atoms with Crippen molar-refractivity contribution in [2.45, 2.75) is 6.42 Å². The van der Waals surface area contributed by atoms with E-state index in [4.69, 9.17) is 9.47 Å². The van der Waals surface area contributed by atoms with Crippen molar-refractivity contribution < 1.29 is 19.7 Å². The fourth-order valence-electron chi connectivity index (χ4n) is 3.62. The lowest BCUT2D eigenvalue weighted by Gasteiger charge is -2.07. The monoisotopic (exact) mass is 622 g/mol. The van der Waals surface area contributed by atoms with Gasteiger partial charge in [-0.3, -0.25) is 9.98 Å². The average Bonchev–Trinajstić information content (AvgIpc) is 2.90. The number of methoxy groups -OCH3 is 2. The molecule has 4 rings (SSSR count). The molecule has 6 nitrogen and oxygen atoms in total. The van der Waals surface area contributed by atoms with E-state index in [1.54, 1.807) is 36.7 Å². The minimum atomic E-state index is 0.0482. The Labute approximate surface area is 232 Å². The van der Waals surface area contributed by atoms with Crippen molar-refractivity contribution in [3.8, 4) is 23.0 Å². The van der Waals surface area contributed by atoms with E-state index >= 15 is 0 Å². The molecular weight excluding hydrogens is 600 g/mol. The van der Waals surface area contributed by atoms with Gasteiger partial charge in [-0.05, 0) is 66.1 Å². The van der Waals surface area contributed by atoms with Crippen LogP contribution in [0.4, 0.5) is 11.4 Å². The number of hydrogen-bond donors (Lipinski definition) is 2. The second-order valence-electron chi connectivity index (χ2n) is 8.12. The number of halogens is 2. The Morgan fingerprint density at radius 2 is 1.03 bits per heavy atom. The molecule has 2 N–H and O–H groups in total. The second kappa shape index (κ2) is 12.1. The van der Waals surface area contributed by atoms with Gasteiger partial charge in [-0.15, -0.1) is 0 Å². The van der Waals surface area contributed by atoms with E-state index in [1.807, 2.05) is 48.5 Å². The highest BCUT2D eigenvalue weighted by atomic mass is 79.9. The van der Waals surface area contributed by atoms with Crippen LogP contribution < -0.4 is 9.47 Å². The molecule has 0 radical (unpaired) electrons. The van der Waals surface area contributed by atoms with Crippen molar-refractivity contribution in [2.75, 3.05) is 14.2 Å². The Morgan fingerprint density at radius 1 is 0.649 bits per heavy atom. The van der Waals surface area contributed by atoms with Crippen molar-refractivity contribution in [3.63, 3.8) is 0 Å². The molecule has 0 fully saturated rings. The molecule has 0 aliphatic carbocycles. The molecule has 0 saturated heterocycles. The largest absolute Gasteiger partial charge is 0.504 e. The Bertz CT molecular complexity index is 1340. The highest BCUT2D eigenvalue weighted by Gasteiger charge is 2.09. The summed E-state index contributed by atoms with van der Waals surface area (Å²) in [5.41, 5.74) is 4.97. The summed E-state index contributed by atoms with van der Waals surface area (Å²) < 4.78 is 12.0. The van der Waals surface area contributed by atoms with E-state index in [9.17, 15) is 10.2 Å². The number of rotatable bonds is 8. The molecule has 0 atom stereocenters. The highest BCUT2D eigenvalue weighted by molar-refractivity contribution is 9.10. The van der Waals surface area contributed by atoms with E-state index in [0.717, 1.165) is 37.9 Å². The third kappa shape index (κ3) is 6.78. The van der Waals surface area contributed by atoms with Crippen LogP contribution in [-0.2, 0) is 6.42 Å². The van der Waals surface area contributed by atoms with Crippen LogP contribution in [0.15, 0.2) is 91.7 Å². The molecule has 0 spiro atoms. The zero-order chi connectivity index (χ0) is 26.4. The molecule has 0 saturated carbocycles. The van der Waals surface area contributed by atoms with Crippen LogP contribution >= 0.6 is 31.9 Å². The normalized spacial score (nSPS) is 11.4. The van der Waals surface area contributed by atoms with Gasteiger partial charge < -0.3 is 19.7 Å². The first-order chi connectivity index (χ1) is 17.9. The Balaban J connectivity index is 1.41. The number of phenolic OH excluding ortho intramolecular Hbond substituents is 2. The Morgan fingerprint density at radius 3 is 1.38 bits per heavy atom. The standard InChI is InChI=1S/C29H24Br2N2O4/c1-36-26-14-22(30)12-20(28(26)34)16-32-24-7-3-18(4-8-24)11-19-5-9-25(10-6-19)33-17-21-13-23(31)15-27(37-2)29(21)35/h3-10,12-17,34-35H,11H2,1-2H3. The topological polar surface area (TPSA) is 83.6 Å². The molecule has 0 aromatic heterocycles. The Kier molecular flexibility index (Phi) is 8.63. The summed E-state index contributed by atoms with van der Waals surface area (Å²) in [5, 5.41) is 20.6. The lowest BCUT2D eigenvalue weighted by molar-refractivity contribution is 0.373. The number of benzene rings is 4. The summed E-state index contributed by atoms with van der Waals surface area (Å²) in [6.45, 7) is 0. The molecular formula is C29H24Br2N2O4. The molecule has 0 heterocycles. The maximum absolute atomic E-state index is 10.3. The third-order valence-corrected chi connectivity index (χ3v) is 6.48. The number of aromatic hydroxyl groups is 2. The highest BCUT2D eigenvalue weighted by Crippen LogP contribution is 2.34. The van der Waals surface area contributed by atoms with Crippen LogP contribution in [0, 0.1) is 0 Å². The van der Waals surface area contributed by atoms with Crippen molar-refractivity contribution >= 4 is 55.7 Å². The summed E-state index contributed by atoms with van der Waals surface area (Å²) in [4.78, 5) is 8.95.